The van der Waals surface area contributed by atoms with Gasteiger partial charge in [0.25, 0.3) is 0 Å². The molecule has 2 atom stereocenters. The second-order valence-corrected chi connectivity index (χ2v) is 3.75. The molecule has 1 aromatic rings. The van der Waals surface area contributed by atoms with Crippen molar-refractivity contribution in [3.05, 3.63) is 29.0 Å². The van der Waals surface area contributed by atoms with E-state index in [9.17, 15) is 15.0 Å². The first-order chi connectivity index (χ1) is 7.50. The summed E-state index contributed by atoms with van der Waals surface area (Å²) in [6.07, 6.45) is -0.798. The van der Waals surface area contributed by atoms with Gasteiger partial charge >= 0.3 is 0 Å². The Balaban J connectivity index is 2.59. The van der Waals surface area contributed by atoms with Crippen molar-refractivity contribution in [2.75, 3.05) is 6.54 Å². The number of aliphatic hydroxyl groups excluding tert-OH is 2. The third-order valence-corrected chi connectivity index (χ3v) is 2.24. The van der Waals surface area contributed by atoms with Crippen molar-refractivity contribution in [3.8, 4) is 0 Å². The number of carbonyl (C=O) groups excluding carboxylic acids is 1. The summed E-state index contributed by atoms with van der Waals surface area (Å²) in [7, 11) is 0. The summed E-state index contributed by atoms with van der Waals surface area (Å²) in [4.78, 5) is 14.4. The first kappa shape index (κ1) is 12.9. The van der Waals surface area contributed by atoms with E-state index in [0.29, 0.717) is 10.7 Å². The Morgan fingerprint density at radius 1 is 1.56 bits per heavy atom. The molecule has 1 rings (SSSR count). The molecular weight excluding hydrogens is 232 g/mol. The molecule has 1 aromatic heterocycles. The first-order valence-corrected chi connectivity index (χ1v) is 5.10. The highest BCUT2D eigenvalue weighted by molar-refractivity contribution is 6.29. The molecule has 0 saturated heterocycles. The SMILES string of the molecule is CC(=O)NCC(O)C(O)c1ccc(Cl)nc1. The number of aliphatic hydroxyl groups is 2. The summed E-state index contributed by atoms with van der Waals surface area (Å²) in [6, 6.07) is 3.09. The maximum atomic E-state index is 10.6. The quantitative estimate of drug-likeness (QED) is 0.664. The molecule has 1 amide bonds. The molecule has 0 radical (unpaired) electrons. The van der Waals surface area contributed by atoms with Crippen molar-refractivity contribution in [1.82, 2.24) is 10.3 Å². The molecule has 0 aromatic carbocycles. The van der Waals surface area contributed by atoms with Crippen LogP contribution in [-0.4, -0.2) is 33.8 Å². The van der Waals surface area contributed by atoms with Crippen molar-refractivity contribution in [2.24, 2.45) is 0 Å². The lowest BCUT2D eigenvalue weighted by Gasteiger charge is -2.17. The summed E-state index contributed by atoms with van der Waals surface area (Å²) in [6.45, 7) is 1.32. The molecule has 1 heterocycles. The Hall–Kier alpha value is -1.17. The molecule has 0 aliphatic carbocycles. The number of hydrogen-bond donors (Lipinski definition) is 3. The van der Waals surface area contributed by atoms with Crippen LogP contribution >= 0.6 is 11.6 Å². The van der Waals surface area contributed by atoms with Crippen LogP contribution in [0.25, 0.3) is 0 Å². The molecule has 16 heavy (non-hydrogen) atoms. The number of nitrogens with one attached hydrogen (secondary N) is 1. The molecule has 0 spiro atoms. The fourth-order valence-corrected chi connectivity index (χ4v) is 1.26. The second kappa shape index (κ2) is 5.79. The topological polar surface area (TPSA) is 82.5 Å². The zero-order valence-electron chi connectivity index (χ0n) is 8.72. The minimum Gasteiger partial charge on any atom is -0.388 e. The van der Waals surface area contributed by atoms with Crippen molar-refractivity contribution in [2.45, 2.75) is 19.1 Å². The van der Waals surface area contributed by atoms with Crippen LogP contribution in [0.2, 0.25) is 5.15 Å². The predicted molar refractivity (Wildman–Crippen MR) is 58.9 cm³/mol. The molecule has 0 bridgehead atoms. The zero-order valence-corrected chi connectivity index (χ0v) is 9.48. The summed E-state index contributed by atoms with van der Waals surface area (Å²) < 4.78 is 0. The number of carbonyl (C=O) groups is 1. The maximum absolute atomic E-state index is 10.6. The lowest BCUT2D eigenvalue weighted by atomic mass is 10.1. The molecule has 3 N–H and O–H groups in total. The lowest BCUT2D eigenvalue weighted by molar-refractivity contribution is -0.119. The van der Waals surface area contributed by atoms with Gasteiger partial charge in [-0.05, 0) is 6.07 Å². The van der Waals surface area contributed by atoms with Gasteiger partial charge in [-0.3, -0.25) is 4.79 Å². The Kier molecular flexibility index (Phi) is 4.67. The average molecular weight is 245 g/mol. The molecule has 0 aliphatic rings. The summed E-state index contributed by atoms with van der Waals surface area (Å²) >= 11 is 5.59. The lowest BCUT2D eigenvalue weighted by Crippen LogP contribution is -2.34. The van der Waals surface area contributed by atoms with Crippen LogP contribution in [0.3, 0.4) is 0 Å². The Labute approximate surface area is 98.1 Å². The highest BCUT2D eigenvalue weighted by Gasteiger charge is 2.18. The second-order valence-electron chi connectivity index (χ2n) is 3.36. The Morgan fingerprint density at radius 2 is 2.25 bits per heavy atom. The third kappa shape index (κ3) is 3.77. The van der Waals surface area contributed by atoms with E-state index < -0.39 is 12.2 Å². The molecule has 0 saturated carbocycles. The third-order valence-electron chi connectivity index (χ3n) is 2.02. The molecule has 0 fully saturated rings. The van der Waals surface area contributed by atoms with E-state index in [-0.39, 0.29) is 12.5 Å². The van der Waals surface area contributed by atoms with Crippen LogP contribution in [0.1, 0.15) is 18.6 Å². The van der Waals surface area contributed by atoms with E-state index in [1.54, 1.807) is 6.07 Å². The summed E-state index contributed by atoms with van der Waals surface area (Å²) in [5.41, 5.74) is 0.447. The van der Waals surface area contributed by atoms with Crippen LogP contribution < -0.4 is 5.32 Å². The van der Waals surface area contributed by atoms with E-state index in [4.69, 9.17) is 11.6 Å². The first-order valence-electron chi connectivity index (χ1n) is 4.72. The summed E-state index contributed by atoms with van der Waals surface area (Å²) in [5, 5.41) is 22.0. The van der Waals surface area contributed by atoms with Crippen LogP contribution in [0.15, 0.2) is 18.3 Å². The number of pyridine rings is 1. The Bertz CT molecular complexity index is 356. The van der Waals surface area contributed by atoms with Gasteiger partial charge in [-0.15, -0.1) is 0 Å². The van der Waals surface area contributed by atoms with Gasteiger partial charge in [0.05, 0.1) is 0 Å². The molecular formula is C10H13ClN2O3. The molecule has 0 aliphatic heterocycles. The number of rotatable bonds is 4. The van der Waals surface area contributed by atoms with E-state index in [2.05, 4.69) is 10.3 Å². The standard InChI is InChI=1S/C10H13ClN2O3/c1-6(14)12-5-8(15)10(16)7-2-3-9(11)13-4-7/h2-4,8,10,15-16H,5H2,1H3,(H,12,14). The van der Waals surface area contributed by atoms with Crippen molar-refractivity contribution in [3.63, 3.8) is 0 Å². The smallest absolute Gasteiger partial charge is 0.216 e. The van der Waals surface area contributed by atoms with Crippen molar-refractivity contribution in [1.29, 1.82) is 0 Å². The van der Waals surface area contributed by atoms with Crippen molar-refractivity contribution >= 4 is 17.5 Å². The van der Waals surface area contributed by atoms with Gasteiger partial charge in [0, 0.05) is 25.2 Å². The van der Waals surface area contributed by atoms with Gasteiger partial charge in [0.2, 0.25) is 5.91 Å². The predicted octanol–water partition coefficient (Wildman–Crippen LogP) is 0.265. The molecule has 88 valence electrons. The number of halogens is 1. The Morgan fingerprint density at radius 3 is 2.75 bits per heavy atom. The maximum Gasteiger partial charge on any atom is 0.216 e. The van der Waals surface area contributed by atoms with E-state index >= 15 is 0 Å². The molecule has 6 heteroatoms. The highest BCUT2D eigenvalue weighted by atomic mass is 35.5. The minimum atomic E-state index is -1.10. The fourth-order valence-electron chi connectivity index (χ4n) is 1.14. The summed E-state index contributed by atoms with van der Waals surface area (Å²) in [5.74, 6) is -0.263. The van der Waals surface area contributed by atoms with Crippen LogP contribution in [-0.2, 0) is 4.79 Å². The monoisotopic (exact) mass is 244 g/mol. The number of nitrogens with zero attached hydrogens (tertiary/aromatic N) is 1. The van der Waals surface area contributed by atoms with E-state index in [0.717, 1.165) is 0 Å². The van der Waals surface area contributed by atoms with Crippen LogP contribution in [0.4, 0.5) is 0 Å². The van der Waals surface area contributed by atoms with Gasteiger partial charge in [-0.1, -0.05) is 17.7 Å². The number of aromatic nitrogens is 1. The van der Waals surface area contributed by atoms with Gasteiger partial charge in [0.1, 0.15) is 17.4 Å². The van der Waals surface area contributed by atoms with Crippen molar-refractivity contribution < 1.29 is 15.0 Å². The zero-order chi connectivity index (χ0) is 12.1. The van der Waals surface area contributed by atoms with Crippen LogP contribution in [0, 0.1) is 0 Å². The van der Waals surface area contributed by atoms with E-state index in [1.807, 2.05) is 0 Å². The fraction of sp³-hybridized carbons (Fsp3) is 0.400. The molecule has 5 nitrogen and oxygen atoms in total. The van der Waals surface area contributed by atoms with E-state index in [1.165, 1.54) is 19.2 Å². The number of hydrogen-bond acceptors (Lipinski definition) is 4. The van der Waals surface area contributed by atoms with Gasteiger partial charge in [0.15, 0.2) is 0 Å². The average Bonchev–Trinajstić information content (AvgIpc) is 2.26. The largest absolute Gasteiger partial charge is 0.388 e. The minimum absolute atomic E-state index is 0.0148. The van der Waals surface area contributed by atoms with Gasteiger partial charge < -0.3 is 15.5 Å². The normalized spacial score (nSPS) is 14.2. The number of amides is 1. The van der Waals surface area contributed by atoms with Gasteiger partial charge in [-0.25, -0.2) is 4.98 Å². The van der Waals surface area contributed by atoms with Crippen LogP contribution in [0.5, 0.6) is 0 Å². The van der Waals surface area contributed by atoms with Gasteiger partial charge in [-0.2, -0.15) is 0 Å². The highest BCUT2D eigenvalue weighted by Crippen LogP contribution is 2.17. The molecule has 2 unspecified atom stereocenters.